The average Bonchev–Trinajstić information content (AvgIpc) is 2.34. The van der Waals surface area contributed by atoms with E-state index in [1.165, 1.54) is 19.3 Å². The van der Waals surface area contributed by atoms with E-state index in [4.69, 9.17) is 0 Å². The smallest absolute Gasteiger partial charge is 0.223 e. The number of halogens is 1. The molecule has 0 heterocycles. The fourth-order valence-electron chi connectivity index (χ4n) is 2.41. The van der Waals surface area contributed by atoms with Crippen LogP contribution in [-0.2, 0) is 4.79 Å². The van der Waals surface area contributed by atoms with Gasteiger partial charge in [-0.2, -0.15) is 0 Å². The fourth-order valence-corrected chi connectivity index (χ4v) is 2.73. The van der Waals surface area contributed by atoms with Gasteiger partial charge in [0.25, 0.3) is 0 Å². The van der Waals surface area contributed by atoms with E-state index in [1.54, 1.807) is 0 Å². The van der Waals surface area contributed by atoms with E-state index in [9.17, 15) is 4.79 Å². The summed E-state index contributed by atoms with van der Waals surface area (Å²) in [5.41, 5.74) is 0. The average molecular weight is 304 g/mol. The first-order chi connectivity index (χ1) is 8.13. The summed E-state index contributed by atoms with van der Waals surface area (Å²) in [6.45, 7) is 5.37. The SMILES string of the molecule is CC(CBr)CCCNC(=O)C1CCC(C)CC1. The van der Waals surface area contributed by atoms with Crippen molar-refractivity contribution in [1.29, 1.82) is 0 Å². The van der Waals surface area contributed by atoms with Crippen LogP contribution in [-0.4, -0.2) is 17.8 Å². The topological polar surface area (TPSA) is 29.1 Å². The second-order valence-electron chi connectivity index (χ2n) is 5.65. The molecule has 2 nitrogen and oxygen atoms in total. The summed E-state index contributed by atoms with van der Waals surface area (Å²) in [6.07, 6.45) is 6.90. The second-order valence-corrected chi connectivity index (χ2v) is 6.30. The van der Waals surface area contributed by atoms with Crippen molar-refractivity contribution < 1.29 is 4.79 Å². The standard InChI is InChI=1S/C14H26BrNO/c1-11-5-7-13(8-6-11)14(17)16-9-3-4-12(2)10-15/h11-13H,3-10H2,1-2H3,(H,16,17). The van der Waals surface area contributed by atoms with Crippen LogP contribution in [0.1, 0.15) is 52.4 Å². The Morgan fingerprint density at radius 1 is 1.35 bits per heavy atom. The predicted molar refractivity (Wildman–Crippen MR) is 76.3 cm³/mol. The van der Waals surface area contributed by atoms with Crippen LogP contribution in [0.15, 0.2) is 0 Å². The van der Waals surface area contributed by atoms with Gasteiger partial charge in [-0.05, 0) is 50.4 Å². The van der Waals surface area contributed by atoms with Gasteiger partial charge in [0.1, 0.15) is 0 Å². The quantitative estimate of drug-likeness (QED) is 0.588. The number of carbonyl (C=O) groups is 1. The van der Waals surface area contributed by atoms with Crippen LogP contribution in [0, 0.1) is 17.8 Å². The van der Waals surface area contributed by atoms with Gasteiger partial charge in [0.2, 0.25) is 5.91 Å². The van der Waals surface area contributed by atoms with Crippen LogP contribution in [0.4, 0.5) is 0 Å². The summed E-state index contributed by atoms with van der Waals surface area (Å²) in [5, 5.41) is 4.15. The first-order valence-corrected chi connectivity index (χ1v) is 8.09. The molecule has 1 aliphatic rings. The molecule has 0 aliphatic heterocycles. The highest BCUT2D eigenvalue weighted by Crippen LogP contribution is 2.28. The van der Waals surface area contributed by atoms with Crippen LogP contribution < -0.4 is 5.32 Å². The third kappa shape index (κ3) is 5.89. The largest absolute Gasteiger partial charge is 0.356 e. The zero-order valence-electron chi connectivity index (χ0n) is 11.2. The van der Waals surface area contributed by atoms with Crippen molar-refractivity contribution in [2.24, 2.45) is 17.8 Å². The summed E-state index contributed by atoms with van der Waals surface area (Å²) >= 11 is 3.48. The van der Waals surface area contributed by atoms with E-state index < -0.39 is 0 Å². The molecule has 0 bridgehead atoms. The number of hydrogen-bond acceptors (Lipinski definition) is 1. The van der Waals surface area contributed by atoms with Gasteiger partial charge in [-0.25, -0.2) is 0 Å². The van der Waals surface area contributed by atoms with Crippen molar-refractivity contribution in [2.45, 2.75) is 52.4 Å². The van der Waals surface area contributed by atoms with Gasteiger partial charge in [0, 0.05) is 17.8 Å². The molecule has 0 aromatic heterocycles. The minimum atomic E-state index is 0.291. The molecule has 1 atom stereocenters. The fraction of sp³-hybridized carbons (Fsp3) is 0.929. The number of nitrogens with one attached hydrogen (secondary N) is 1. The monoisotopic (exact) mass is 303 g/mol. The first kappa shape index (κ1) is 15.0. The molecule has 3 heteroatoms. The normalized spacial score (nSPS) is 26.5. The maximum absolute atomic E-state index is 11.9. The van der Waals surface area contributed by atoms with Crippen molar-refractivity contribution in [2.75, 3.05) is 11.9 Å². The lowest BCUT2D eigenvalue weighted by molar-refractivity contribution is -0.126. The van der Waals surface area contributed by atoms with Crippen molar-refractivity contribution in [3.8, 4) is 0 Å². The Morgan fingerprint density at radius 2 is 2.00 bits per heavy atom. The van der Waals surface area contributed by atoms with Crippen molar-refractivity contribution in [1.82, 2.24) is 5.32 Å². The number of amides is 1. The summed E-state index contributed by atoms with van der Waals surface area (Å²) in [6, 6.07) is 0. The molecule has 1 unspecified atom stereocenters. The van der Waals surface area contributed by atoms with Crippen LogP contribution >= 0.6 is 15.9 Å². The highest BCUT2D eigenvalue weighted by atomic mass is 79.9. The third-order valence-electron chi connectivity index (χ3n) is 3.82. The summed E-state index contributed by atoms with van der Waals surface area (Å²) < 4.78 is 0. The molecule has 0 radical (unpaired) electrons. The molecule has 0 aromatic rings. The van der Waals surface area contributed by atoms with Gasteiger partial charge in [-0.1, -0.05) is 29.8 Å². The third-order valence-corrected chi connectivity index (χ3v) is 4.93. The van der Waals surface area contributed by atoms with E-state index >= 15 is 0 Å². The molecule has 17 heavy (non-hydrogen) atoms. The lowest BCUT2D eigenvalue weighted by Gasteiger charge is -2.25. The molecule has 1 aliphatic carbocycles. The summed E-state index contributed by atoms with van der Waals surface area (Å²) in [4.78, 5) is 11.9. The molecule has 1 rings (SSSR count). The number of carbonyl (C=O) groups excluding carboxylic acids is 1. The molecule has 0 saturated heterocycles. The Hall–Kier alpha value is -0.0500. The second kappa shape index (κ2) is 8.12. The van der Waals surface area contributed by atoms with E-state index in [0.29, 0.717) is 17.7 Å². The molecular weight excluding hydrogens is 278 g/mol. The molecule has 1 fully saturated rings. The van der Waals surface area contributed by atoms with Crippen LogP contribution in [0.25, 0.3) is 0 Å². The summed E-state index contributed by atoms with van der Waals surface area (Å²) in [7, 11) is 0. The lowest BCUT2D eigenvalue weighted by Crippen LogP contribution is -2.33. The maximum atomic E-state index is 11.9. The molecule has 100 valence electrons. The van der Waals surface area contributed by atoms with Crippen molar-refractivity contribution in [3.63, 3.8) is 0 Å². The Bertz CT molecular complexity index is 224. The molecule has 0 spiro atoms. The zero-order valence-corrected chi connectivity index (χ0v) is 12.8. The van der Waals surface area contributed by atoms with Gasteiger partial charge in [0.15, 0.2) is 0 Å². The predicted octanol–water partition coefficient (Wildman–Crippen LogP) is 3.74. The van der Waals surface area contributed by atoms with Gasteiger partial charge in [-0.3, -0.25) is 4.79 Å². The first-order valence-electron chi connectivity index (χ1n) is 6.97. The maximum Gasteiger partial charge on any atom is 0.223 e. The van der Waals surface area contributed by atoms with E-state index in [2.05, 4.69) is 35.1 Å². The molecule has 1 amide bonds. The van der Waals surface area contributed by atoms with Crippen molar-refractivity contribution in [3.05, 3.63) is 0 Å². The van der Waals surface area contributed by atoms with E-state index in [1.807, 2.05) is 0 Å². The summed E-state index contributed by atoms with van der Waals surface area (Å²) in [5.74, 6) is 2.12. The minimum Gasteiger partial charge on any atom is -0.356 e. The molecular formula is C14H26BrNO. The number of hydrogen-bond donors (Lipinski definition) is 1. The number of alkyl halides is 1. The highest BCUT2D eigenvalue weighted by Gasteiger charge is 2.23. The zero-order chi connectivity index (χ0) is 12.7. The minimum absolute atomic E-state index is 0.291. The Balaban J connectivity index is 2.08. The highest BCUT2D eigenvalue weighted by molar-refractivity contribution is 9.09. The van der Waals surface area contributed by atoms with Gasteiger partial charge in [0.05, 0.1) is 0 Å². The van der Waals surface area contributed by atoms with E-state index in [-0.39, 0.29) is 0 Å². The lowest BCUT2D eigenvalue weighted by atomic mass is 9.82. The Kier molecular flexibility index (Phi) is 7.17. The van der Waals surface area contributed by atoms with Crippen LogP contribution in [0.5, 0.6) is 0 Å². The molecule has 1 N–H and O–H groups in total. The van der Waals surface area contributed by atoms with Crippen molar-refractivity contribution >= 4 is 21.8 Å². The Labute approximate surface area is 114 Å². The molecule has 1 saturated carbocycles. The Morgan fingerprint density at radius 3 is 2.59 bits per heavy atom. The van der Waals surface area contributed by atoms with E-state index in [0.717, 1.165) is 37.1 Å². The number of rotatable bonds is 6. The van der Waals surface area contributed by atoms with Gasteiger partial charge in [-0.15, -0.1) is 0 Å². The molecule has 0 aromatic carbocycles. The van der Waals surface area contributed by atoms with Gasteiger partial charge >= 0.3 is 0 Å². The van der Waals surface area contributed by atoms with Gasteiger partial charge < -0.3 is 5.32 Å². The van der Waals surface area contributed by atoms with Crippen LogP contribution in [0.2, 0.25) is 0 Å². The van der Waals surface area contributed by atoms with Crippen LogP contribution in [0.3, 0.4) is 0 Å².